The molecule has 1 saturated heterocycles. The third-order valence-corrected chi connectivity index (χ3v) is 6.30. The first kappa shape index (κ1) is 22.2. The highest BCUT2D eigenvalue weighted by atomic mass is 16.2. The summed E-state index contributed by atoms with van der Waals surface area (Å²) >= 11 is 0. The van der Waals surface area contributed by atoms with Crippen molar-refractivity contribution in [1.29, 1.82) is 5.26 Å². The van der Waals surface area contributed by atoms with Gasteiger partial charge in [0.1, 0.15) is 6.33 Å². The summed E-state index contributed by atoms with van der Waals surface area (Å²) in [5.41, 5.74) is 5.01. The van der Waals surface area contributed by atoms with E-state index in [0.29, 0.717) is 35.8 Å². The van der Waals surface area contributed by atoms with Gasteiger partial charge in [-0.2, -0.15) is 5.26 Å². The van der Waals surface area contributed by atoms with Crippen LogP contribution < -0.4 is 5.32 Å². The molecule has 0 saturated carbocycles. The number of benzene rings is 2. The standard InChI is InChI=1S/C25H26N6O2/c1-16-12-17(2)22(31-15-28-29-23(31)24(32)27-3)13-21(16)25(33)30-10-8-20(9-11-30)19-6-4-18(14-26)5-7-19/h4-7,12-13,15,20H,8-11H2,1-3H3,(H,27,32). The number of hydrogen-bond donors (Lipinski definition) is 1. The summed E-state index contributed by atoms with van der Waals surface area (Å²) in [7, 11) is 1.54. The zero-order chi connectivity index (χ0) is 23.5. The molecule has 4 rings (SSSR count). The molecule has 3 aromatic rings. The molecule has 33 heavy (non-hydrogen) atoms. The average Bonchev–Trinajstić information content (AvgIpc) is 3.33. The number of likely N-dealkylation sites (tertiary alicyclic amines) is 1. The highest BCUT2D eigenvalue weighted by Gasteiger charge is 2.26. The molecule has 0 spiro atoms. The van der Waals surface area contributed by atoms with Gasteiger partial charge in [-0.05, 0) is 67.5 Å². The summed E-state index contributed by atoms with van der Waals surface area (Å²) in [5, 5.41) is 19.4. The van der Waals surface area contributed by atoms with Crippen LogP contribution in [0.2, 0.25) is 0 Å². The van der Waals surface area contributed by atoms with E-state index in [1.165, 1.54) is 11.9 Å². The quantitative estimate of drug-likeness (QED) is 0.669. The normalized spacial score (nSPS) is 14.1. The number of aryl methyl sites for hydroxylation is 2. The average molecular weight is 443 g/mol. The van der Waals surface area contributed by atoms with E-state index in [1.807, 2.05) is 55.1 Å². The number of nitrogens with zero attached hydrogens (tertiary/aromatic N) is 5. The third-order valence-electron chi connectivity index (χ3n) is 6.30. The minimum absolute atomic E-state index is 0.0124. The molecule has 0 atom stereocenters. The monoisotopic (exact) mass is 442 g/mol. The molecule has 8 nitrogen and oxygen atoms in total. The largest absolute Gasteiger partial charge is 0.352 e. The Labute approximate surface area is 192 Å². The molecular formula is C25H26N6O2. The zero-order valence-corrected chi connectivity index (χ0v) is 19.0. The first-order valence-electron chi connectivity index (χ1n) is 11.0. The molecule has 168 valence electrons. The molecular weight excluding hydrogens is 416 g/mol. The van der Waals surface area contributed by atoms with Gasteiger partial charge in [-0.15, -0.1) is 10.2 Å². The second-order valence-electron chi connectivity index (χ2n) is 8.36. The zero-order valence-electron chi connectivity index (χ0n) is 19.0. The third kappa shape index (κ3) is 4.35. The maximum atomic E-state index is 13.4. The Morgan fingerprint density at radius 3 is 2.42 bits per heavy atom. The molecule has 1 N–H and O–H groups in total. The lowest BCUT2D eigenvalue weighted by atomic mass is 9.88. The van der Waals surface area contributed by atoms with Gasteiger partial charge in [0.15, 0.2) is 0 Å². The van der Waals surface area contributed by atoms with Crippen LogP contribution in [-0.4, -0.2) is 51.6 Å². The molecule has 2 heterocycles. The van der Waals surface area contributed by atoms with Crippen molar-refractivity contribution in [3.05, 3.63) is 76.4 Å². The molecule has 1 aliphatic rings. The maximum absolute atomic E-state index is 13.4. The Hall–Kier alpha value is -3.99. The van der Waals surface area contributed by atoms with Crippen molar-refractivity contribution in [1.82, 2.24) is 25.0 Å². The van der Waals surface area contributed by atoms with Crippen molar-refractivity contribution in [2.75, 3.05) is 20.1 Å². The number of rotatable bonds is 4. The number of nitrogens with one attached hydrogen (secondary N) is 1. The van der Waals surface area contributed by atoms with Gasteiger partial charge >= 0.3 is 0 Å². The van der Waals surface area contributed by atoms with Crippen molar-refractivity contribution in [2.24, 2.45) is 0 Å². The minimum atomic E-state index is -0.342. The molecule has 1 aliphatic heterocycles. The highest BCUT2D eigenvalue weighted by molar-refractivity contribution is 5.97. The van der Waals surface area contributed by atoms with Gasteiger partial charge in [0.25, 0.3) is 11.8 Å². The van der Waals surface area contributed by atoms with Crippen molar-refractivity contribution in [3.63, 3.8) is 0 Å². The SMILES string of the molecule is CNC(=O)c1nncn1-c1cc(C(=O)N2CCC(c3ccc(C#N)cc3)CC2)c(C)cc1C. The van der Waals surface area contributed by atoms with Crippen LogP contribution in [0.1, 0.15) is 62.0 Å². The number of amides is 2. The first-order chi connectivity index (χ1) is 15.9. The van der Waals surface area contributed by atoms with Gasteiger partial charge in [-0.3, -0.25) is 14.2 Å². The van der Waals surface area contributed by atoms with Crippen LogP contribution in [0.15, 0.2) is 42.7 Å². The smallest absolute Gasteiger partial charge is 0.289 e. The van der Waals surface area contributed by atoms with E-state index in [2.05, 4.69) is 21.6 Å². The number of aromatic nitrogens is 3. The highest BCUT2D eigenvalue weighted by Crippen LogP contribution is 2.30. The van der Waals surface area contributed by atoms with E-state index < -0.39 is 0 Å². The molecule has 0 radical (unpaired) electrons. The second-order valence-corrected chi connectivity index (χ2v) is 8.36. The van der Waals surface area contributed by atoms with Crippen LogP contribution in [0.4, 0.5) is 0 Å². The first-order valence-corrected chi connectivity index (χ1v) is 11.0. The van der Waals surface area contributed by atoms with Crippen molar-refractivity contribution < 1.29 is 9.59 Å². The Bertz CT molecular complexity index is 1230. The van der Waals surface area contributed by atoms with Gasteiger partial charge in [0.05, 0.1) is 17.3 Å². The van der Waals surface area contributed by atoms with Crippen LogP contribution in [0.3, 0.4) is 0 Å². The predicted molar refractivity (Wildman–Crippen MR) is 123 cm³/mol. The summed E-state index contributed by atoms with van der Waals surface area (Å²) in [6.45, 7) is 5.21. The Morgan fingerprint density at radius 2 is 1.79 bits per heavy atom. The number of hydrogen-bond acceptors (Lipinski definition) is 5. The molecule has 0 unspecified atom stereocenters. The van der Waals surface area contributed by atoms with Crippen LogP contribution in [0.25, 0.3) is 5.69 Å². The molecule has 2 amide bonds. The minimum Gasteiger partial charge on any atom is -0.352 e. The lowest BCUT2D eigenvalue weighted by Gasteiger charge is -2.33. The lowest BCUT2D eigenvalue weighted by Crippen LogP contribution is -2.38. The van der Waals surface area contributed by atoms with E-state index in [4.69, 9.17) is 5.26 Å². The van der Waals surface area contributed by atoms with Crippen LogP contribution >= 0.6 is 0 Å². The Morgan fingerprint density at radius 1 is 1.09 bits per heavy atom. The summed E-state index contributed by atoms with van der Waals surface area (Å²) < 4.78 is 1.61. The van der Waals surface area contributed by atoms with Gasteiger partial charge in [0, 0.05) is 25.7 Å². The van der Waals surface area contributed by atoms with E-state index in [1.54, 1.807) is 11.6 Å². The van der Waals surface area contributed by atoms with E-state index in [9.17, 15) is 9.59 Å². The van der Waals surface area contributed by atoms with Gasteiger partial charge in [0.2, 0.25) is 5.82 Å². The fraction of sp³-hybridized carbons (Fsp3) is 0.320. The summed E-state index contributed by atoms with van der Waals surface area (Å²) in [5.74, 6) is 0.196. The lowest BCUT2D eigenvalue weighted by molar-refractivity contribution is 0.0712. The van der Waals surface area contributed by atoms with Gasteiger partial charge in [-0.1, -0.05) is 18.2 Å². The molecule has 2 aromatic carbocycles. The summed E-state index contributed by atoms with van der Waals surface area (Å²) in [6.07, 6.45) is 3.24. The van der Waals surface area contributed by atoms with Crippen molar-refractivity contribution in [2.45, 2.75) is 32.6 Å². The number of piperidine rings is 1. The van der Waals surface area contributed by atoms with Crippen LogP contribution in [-0.2, 0) is 0 Å². The molecule has 8 heteroatoms. The number of carbonyl (C=O) groups excluding carboxylic acids is 2. The van der Waals surface area contributed by atoms with Gasteiger partial charge in [-0.25, -0.2) is 0 Å². The van der Waals surface area contributed by atoms with E-state index >= 15 is 0 Å². The van der Waals surface area contributed by atoms with E-state index in [-0.39, 0.29) is 17.6 Å². The molecule has 1 fully saturated rings. The second kappa shape index (κ2) is 9.25. The maximum Gasteiger partial charge on any atom is 0.289 e. The topological polar surface area (TPSA) is 104 Å². The van der Waals surface area contributed by atoms with Crippen molar-refractivity contribution in [3.8, 4) is 11.8 Å². The summed E-state index contributed by atoms with van der Waals surface area (Å²) in [6, 6.07) is 13.7. The molecule has 0 bridgehead atoms. The summed E-state index contributed by atoms with van der Waals surface area (Å²) in [4.78, 5) is 27.5. The van der Waals surface area contributed by atoms with Gasteiger partial charge < -0.3 is 10.2 Å². The predicted octanol–water partition coefficient (Wildman–Crippen LogP) is 3.14. The van der Waals surface area contributed by atoms with E-state index in [0.717, 1.165) is 24.0 Å². The van der Waals surface area contributed by atoms with Crippen LogP contribution in [0.5, 0.6) is 0 Å². The fourth-order valence-corrected chi connectivity index (χ4v) is 4.42. The number of carbonyl (C=O) groups is 2. The number of nitriles is 1. The molecule has 1 aromatic heterocycles. The Kier molecular flexibility index (Phi) is 6.22. The van der Waals surface area contributed by atoms with Crippen LogP contribution in [0, 0.1) is 25.2 Å². The Balaban J connectivity index is 1.54. The molecule has 0 aliphatic carbocycles. The van der Waals surface area contributed by atoms with Crippen molar-refractivity contribution >= 4 is 11.8 Å². The fourth-order valence-electron chi connectivity index (χ4n) is 4.42.